The second-order valence-electron chi connectivity index (χ2n) is 6.91. The molecule has 0 saturated carbocycles. The first-order chi connectivity index (χ1) is 13.6. The van der Waals surface area contributed by atoms with Gasteiger partial charge in [0.2, 0.25) is 0 Å². The summed E-state index contributed by atoms with van der Waals surface area (Å²) in [7, 11) is -0.838. The SMILES string of the molecule is C=C(CO)C1=CCB(O)OC1CC/C(=C/c1cccc(O)c1)c1ccccc1. The van der Waals surface area contributed by atoms with Gasteiger partial charge < -0.3 is 19.9 Å². The van der Waals surface area contributed by atoms with Gasteiger partial charge in [-0.05, 0) is 52.8 Å². The van der Waals surface area contributed by atoms with Crippen molar-refractivity contribution in [2.24, 2.45) is 0 Å². The molecule has 0 spiro atoms. The summed E-state index contributed by atoms with van der Waals surface area (Å²) in [5.74, 6) is 0.226. The van der Waals surface area contributed by atoms with E-state index in [2.05, 4.69) is 24.8 Å². The van der Waals surface area contributed by atoms with Gasteiger partial charge in [-0.1, -0.05) is 61.2 Å². The third kappa shape index (κ3) is 5.23. The van der Waals surface area contributed by atoms with E-state index in [0.717, 1.165) is 22.3 Å². The zero-order valence-electron chi connectivity index (χ0n) is 15.8. The van der Waals surface area contributed by atoms with Gasteiger partial charge in [0.25, 0.3) is 0 Å². The smallest absolute Gasteiger partial charge is 0.458 e. The lowest BCUT2D eigenvalue weighted by Crippen LogP contribution is -2.32. The van der Waals surface area contributed by atoms with E-state index in [1.807, 2.05) is 36.4 Å². The third-order valence-electron chi connectivity index (χ3n) is 4.84. The molecule has 4 nitrogen and oxygen atoms in total. The minimum absolute atomic E-state index is 0.132. The Balaban J connectivity index is 1.85. The Labute approximate surface area is 166 Å². The van der Waals surface area contributed by atoms with Crippen LogP contribution in [0.25, 0.3) is 11.6 Å². The molecule has 3 N–H and O–H groups in total. The number of phenolic OH excluding ortho intramolecular Hbond substituents is 1. The molecule has 5 heteroatoms. The quantitative estimate of drug-likeness (QED) is 0.503. The number of hydrogen-bond donors (Lipinski definition) is 3. The summed E-state index contributed by atoms with van der Waals surface area (Å²) in [6.45, 7) is 3.78. The van der Waals surface area contributed by atoms with Crippen LogP contribution in [0.4, 0.5) is 0 Å². The lowest BCUT2D eigenvalue weighted by molar-refractivity contribution is 0.182. The van der Waals surface area contributed by atoms with E-state index in [-0.39, 0.29) is 18.5 Å². The second kappa shape index (κ2) is 9.56. The maximum Gasteiger partial charge on any atom is 0.458 e. The monoisotopic (exact) mass is 376 g/mol. The zero-order chi connectivity index (χ0) is 19.9. The van der Waals surface area contributed by atoms with Crippen molar-refractivity contribution in [3.05, 3.63) is 89.5 Å². The van der Waals surface area contributed by atoms with E-state index in [1.54, 1.807) is 12.1 Å². The van der Waals surface area contributed by atoms with Gasteiger partial charge in [0.05, 0.1) is 12.7 Å². The molecule has 1 atom stereocenters. The van der Waals surface area contributed by atoms with Crippen LogP contribution in [0, 0.1) is 0 Å². The summed E-state index contributed by atoms with van der Waals surface area (Å²) in [4.78, 5) is 0. The predicted molar refractivity (Wildman–Crippen MR) is 114 cm³/mol. The Hall–Kier alpha value is -2.60. The van der Waals surface area contributed by atoms with E-state index in [9.17, 15) is 15.2 Å². The largest absolute Gasteiger partial charge is 0.508 e. The van der Waals surface area contributed by atoms with E-state index < -0.39 is 7.12 Å². The Bertz CT molecular complexity index is 873. The van der Waals surface area contributed by atoms with Crippen LogP contribution in [0.2, 0.25) is 6.32 Å². The molecule has 2 aromatic carbocycles. The first-order valence-corrected chi connectivity index (χ1v) is 9.44. The van der Waals surface area contributed by atoms with Crippen molar-refractivity contribution in [1.82, 2.24) is 0 Å². The summed E-state index contributed by atoms with van der Waals surface area (Å²) in [6, 6.07) is 17.2. The molecule has 0 bridgehead atoms. The average Bonchev–Trinajstić information content (AvgIpc) is 2.71. The fourth-order valence-corrected chi connectivity index (χ4v) is 3.42. The van der Waals surface area contributed by atoms with Gasteiger partial charge in [0.15, 0.2) is 0 Å². The number of rotatable bonds is 7. The molecule has 0 aliphatic carbocycles. The standard InChI is InChI=1S/C23H25BO4/c1-17(16-25)22-12-13-24(27)28-23(22)11-10-20(19-7-3-2-4-8-19)14-18-6-5-9-21(26)15-18/h2-9,12,14-15,23,25-27H,1,10-11,13,16H2/b20-14-. The van der Waals surface area contributed by atoms with Gasteiger partial charge in [0, 0.05) is 6.32 Å². The molecule has 28 heavy (non-hydrogen) atoms. The van der Waals surface area contributed by atoms with Crippen LogP contribution in [0.3, 0.4) is 0 Å². The molecule has 144 valence electrons. The van der Waals surface area contributed by atoms with Crippen molar-refractivity contribution < 1.29 is 19.9 Å². The summed E-state index contributed by atoms with van der Waals surface area (Å²) >= 11 is 0. The molecule has 1 heterocycles. The van der Waals surface area contributed by atoms with Crippen LogP contribution in [-0.2, 0) is 4.65 Å². The minimum Gasteiger partial charge on any atom is -0.508 e. The molecule has 0 saturated heterocycles. The Morgan fingerprint density at radius 3 is 2.68 bits per heavy atom. The molecule has 0 fully saturated rings. The second-order valence-corrected chi connectivity index (χ2v) is 6.91. The maximum absolute atomic E-state index is 9.90. The Morgan fingerprint density at radius 2 is 1.96 bits per heavy atom. The van der Waals surface area contributed by atoms with E-state index >= 15 is 0 Å². The van der Waals surface area contributed by atoms with E-state index in [1.165, 1.54) is 0 Å². The molecular weight excluding hydrogens is 351 g/mol. The van der Waals surface area contributed by atoms with Crippen LogP contribution < -0.4 is 0 Å². The van der Waals surface area contributed by atoms with Crippen molar-refractivity contribution in [3.8, 4) is 5.75 Å². The Morgan fingerprint density at radius 1 is 1.18 bits per heavy atom. The predicted octanol–water partition coefficient (Wildman–Crippen LogP) is 4.07. The van der Waals surface area contributed by atoms with Crippen molar-refractivity contribution in [2.75, 3.05) is 6.61 Å². The lowest BCUT2D eigenvalue weighted by Gasteiger charge is -2.28. The summed E-state index contributed by atoms with van der Waals surface area (Å²) in [5.41, 5.74) is 4.59. The maximum atomic E-state index is 9.90. The first-order valence-electron chi connectivity index (χ1n) is 9.44. The van der Waals surface area contributed by atoms with E-state index in [4.69, 9.17) is 4.65 Å². The molecule has 0 aromatic heterocycles. The summed E-state index contributed by atoms with van der Waals surface area (Å²) in [5, 5.41) is 29.1. The van der Waals surface area contributed by atoms with Crippen LogP contribution in [0.15, 0.2) is 78.4 Å². The number of phenols is 1. The molecule has 2 aromatic rings. The number of allylic oxidation sites excluding steroid dienone is 2. The zero-order valence-corrected chi connectivity index (χ0v) is 15.8. The van der Waals surface area contributed by atoms with Crippen molar-refractivity contribution >= 4 is 18.8 Å². The molecule has 0 radical (unpaired) electrons. The highest BCUT2D eigenvalue weighted by Crippen LogP contribution is 2.30. The number of hydrogen-bond acceptors (Lipinski definition) is 4. The molecule has 1 unspecified atom stereocenters. The van der Waals surface area contributed by atoms with Crippen LogP contribution in [-0.4, -0.2) is 35.1 Å². The lowest BCUT2D eigenvalue weighted by atomic mass is 9.78. The highest BCUT2D eigenvalue weighted by atomic mass is 16.5. The van der Waals surface area contributed by atoms with Gasteiger partial charge in [-0.3, -0.25) is 0 Å². The number of benzene rings is 2. The first kappa shape index (κ1) is 20.1. The topological polar surface area (TPSA) is 69.9 Å². The molecule has 3 rings (SSSR count). The average molecular weight is 376 g/mol. The van der Waals surface area contributed by atoms with Gasteiger partial charge in [-0.25, -0.2) is 0 Å². The van der Waals surface area contributed by atoms with Crippen molar-refractivity contribution in [3.63, 3.8) is 0 Å². The van der Waals surface area contributed by atoms with Gasteiger partial charge in [0.1, 0.15) is 5.75 Å². The highest BCUT2D eigenvalue weighted by molar-refractivity contribution is 6.43. The fraction of sp³-hybridized carbons (Fsp3) is 0.217. The highest BCUT2D eigenvalue weighted by Gasteiger charge is 2.28. The normalized spacial score (nSPS) is 17.4. The fourth-order valence-electron chi connectivity index (χ4n) is 3.42. The van der Waals surface area contributed by atoms with Gasteiger partial charge in [-0.2, -0.15) is 0 Å². The van der Waals surface area contributed by atoms with E-state index in [0.29, 0.717) is 24.7 Å². The molecular formula is C23H25BO4. The summed E-state index contributed by atoms with van der Waals surface area (Å²) < 4.78 is 5.73. The third-order valence-corrected chi connectivity index (χ3v) is 4.84. The molecule has 0 amide bonds. The molecule has 1 aliphatic rings. The van der Waals surface area contributed by atoms with Gasteiger partial charge in [-0.15, -0.1) is 0 Å². The van der Waals surface area contributed by atoms with Crippen LogP contribution in [0.1, 0.15) is 24.0 Å². The summed E-state index contributed by atoms with van der Waals surface area (Å²) in [6.07, 6.45) is 5.38. The number of aromatic hydroxyl groups is 1. The minimum atomic E-state index is -0.838. The van der Waals surface area contributed by atoms with Crippen molar-refractivity contribution in [1.29, 1.82) is 0 Å². The van der Waals surface area contributed by atoms with Crippen LogP contribution >= 0.6 is 0 Å². The van der Waals surface area contributed by atoms with Gasteiger partial charge >= 0.3 is 7.12 Å². The Kier molecular flexibility index (Phi) is 6.88. The van der Waals surface area contributed by atoms with Crippen molar-refractivity contribution in [2.45, 2.75) is 25.3 Å². The molecule has 1 aliphatic heterocycles. The number of aliphatic hydroxyl groups excluding tert-OH is 1. The number of aliphatic hydroxyl groups is 1. The van der Waals surface area contributed by atoms with Crippen LogP contribution in [0.5, 0.6) is 5.75 Å².